The van der Waals surface area contributed by atoms with E-state index in [9.17, 15) is 0 Å². The van der Waals surface area contributed by atoms with Crippen LogP contribution in [0, 0.1) is 13.8 Å². The van der Waals surface area contributed by atoms with Crippen LogP contribution >= 0.6 is 11.3 Å². The van der Waals surface area contributed by atoms with Crippen LogP contribution in [0.25, 0.3) is 0 Å². The molecule has 9 heteroatoms. The van der Waals surface area contributed by atoms with Crippen LogP contribution in [-0.4, -0.2) is 72.1 Å². The lowest BCUT2D eigenvalue weighted by Gasteiger charge is -2.34. The maximum atomic E-state index is 4.56. The summed E-state index contributed by atoms with van der Waals surface area (Å²) in [4.78, 5) is 23.6. The van der Waals surface area contributed by atoms with Crippen LogP contribution < -0.4 is 15.5 Å². The summed E-state index contributed by atoms with van der Waals surface area (Å²) in [5, 5.41) is 7.83. The minimum atomic E-state index is 0.711. The maximum absolute atomic E-state index is 4.56. The molecule has 2 aromatic rings. The predicted octanol–water partition coefficient (Wildman–Crippen LogP) is 1.43. The fourth-order valence-electron chi connectivity index (χ4n) is 3.13. The number of aryl methyl sites for hydroxylation is 2. The van der Waals surface area contributed by atoms with Crippen molar-refractivity contribution in [3.63, 3.8) is 0 Å². The van der Waals surface area contributed by atoms with Gasteiger partial charge in [-0.05, 0) is 32.9 Å². The summed E-state index contributed by atoms with van der Waals surface area (Å²) in [6.07, 6.45) is 4.69. The van der Waals surface area contributed by atoms with Crippen molar-refractivity contribution in [2.75, 3.05) is 51.2 Å². The van der Waals surface area contributed by atoms with Gasteiger partial charge in [0.05, 0.1) is 12.2 Å². The Balaban J connectivity index is 1.30. The molecule has 1 aliphatic rings. The molecule has 0 amide bonds. The lowest BCUT2D eigenvalue weighted by molar-refractivity contribution is 0.254. The van der Waals surface area contributed by atoms with Crippen molar-refractivity contribution in [1.82, 2.24) is 30.5 Å². The standard InChI is InChI=1S/C19H30N8S/c1-15-16(2)28-17(25-15)14-24-18(20-3)21-8-5-9-26-10-12-27(13-11-26)19-22-6-4-7-23-19/h4,6-7H,5,8-14H2,1-3H3,(H2,20,21,24). The van der Waals surface area contributed by atoms with Gasteiger partial charge in [0, 0.05) is 57.0 Å². The number of guanidine groups is 1. The summed E-state index contributed by atoms with van der Waals surface area (Å²) in [6, 6.07) is 1.86. The zero-order valence-electron chi connectivity index (χ0n) is 17.0. The predicted molar refractivity (Wildman–Crippen MR) is 115 cm³/mol. The molecule has 3 rings (SSSR count). The molecule has 0 bridgehead atoms. The first kappa shape index (κ1) is 20.5. The van der Waals surface area contributed by atoms with Crippen LogP contribution in [0.1, 0.15) is 22.0 Å². The molecule has 1 fully saturated rings. The Labute approximate surface area is 171 Å². The highest BCUT2D eigenvalue weighted by molar-refractivity contribution is 7.11. The number of rotatable bonds is 7. The number of nitrogens with zero attached hydrogens (tertiary/aromatic N) is 6. The largest absolute Gasteiger partial charge is 0.356 e. The molecule has 0 radical (unpaired) electrons. The van der Waals surface area contributed by atoms with E-state index in [0.717, 1.165) is 68.3 Å². The molecule has 0 spiro atoms. The lowest BCUT2D eigenvalue weighted by atomic mass is 10.3. The van der Waals surface area contributed by atoms with Crippen LogP contribution in [0.2, 0.25) is 0 Å². The Hall–Kier alpha value is -2.26. The second-order valence-electron chi connectivity index (χ2n) is 6.83. The molecule has 0 aromatic carbocycles. The third-order valence-electron chi connectivity index (χ3n) is 4.85. The summed E-state index contributed by atoms with van der Waals surface area (Å²) in [7, 11) is 1.80. The summed E-state index contributed by atoms with van der Waals surface area (Å²) in [6.45, 7) is 10.9. The molecule has 3 heterocycles. The molecular formula is C19H30N8S. The minimum Gasteiger partial charge on any atom is -0.356 e. The molecule has 2 aromatic heterocycles. The molecule has 152 valence electrons. The molecule has 0 aliphatic carbocycles. The van der Waals surface area contributed by atoms with Gasteiger partial charge >= 0.3 is 0 Å². The third kappa shape index (κ3) is 5.87. The monoisotopic (exact) mass is 402 g/mol. The Kier molecular flexibility index (Phi) is 7.55. The van der Waals surface area contributed by atoms with Gasteiger partial charge in [-0.1, -0.05) is 0 Å². The smallest absolute Gasteiger partial charge is 0.225 e. The average molecular weight is 403 g/mol. The van der Waals surface area contributed by atoms with Crippen molar-refractivity contribution in [2.45, 2.75) is 26.8 Å². The summed E-state index contributed by atoms with van der Waals surface area (Å²) < 4.78 is 0. The Morgan fingerprint density at radius 2 is 1.89 bits per heavy atom. The summed E-state index contributed by atoms with van der Waals surface area (Å²) >= 11 is 1.74. The molecule has 0 unspecified atom stereocenters. The zero-order chi connectivity index (χ0) is 19.8. The van der Waals surface area contributed by atoms with Gasteiger partial charge in [0.1, 0.15) is 5.01 Å². The molecule has 1 aliphatic heterocycles. The van der Waals surface area contributed by atoms with Crippen LogP contribution in [0.3, 0.4) is 0 Å². The number of aliphatic imine (C=N–C) groups is 1. The summed E-state index contributed by atoms with van der Waals surface area (Å²) in [5.41, 5.74) is 1.11. The number of thiazole rings is 1. The Morgan fingerprint density at radius 3 is 2.54 bits per heavy atom. The third-order valence-corrected chi connectivity index (χ3v) is 5.93. The minimum absolute atomic E-state index is 0.711. The molecule has 2 N–H and O–H groups in total. The molecule has 28 heavy (non-hydrogen) atoms. The highest BCUT2D eigenvalue weighted by Gasteiger charge is 2.18. The highest BCUT2D eigenvalue weighted by Crippen LogP contribution is 2.15. The van der Waals surface area contributed by atoms with Gasteiger partial charge in [-0.2, -0.15) is 0 Å². The van der Waals surface area contributed by atoms with Gasteiger partial charge in [0.15, 0.2) is 5.96 Å². The molecule has 0 atom stereocenters. The van der Waals surface area contributed by atoms with Crippen molar-refractivity contribution in [1.29, 1.82) is 0 Å². The molecule has 8 nitrogen and oxygen atoms in total. The summed E-state index contributed by atoms with van der Waals surface area (Å²) in [5.74, 6) is 1.67. The van der Waals surface area contributed by atoms with Crippen molar-refractivity contribution in [3.8, 4) is 0 Å². The van der Waals surface area contributed by atoms with E-state index in [0.29, 0.717) is 6.54 Å². The van der Waals surface area contributed by atoms with Crippen LogP contribution in [-0.2, 0) is 6.54 Å². The van der Waals surface area contributed by atoms with Gasteiger partial charge in [-0.25, -0.2) is 15.0 Å². The fraction of sp³-hybridized carbons (Fsp3) is 0.579. The van der Waals surface area contributed by atoms with Gasteiger partial charge in [-0.3, -0.25) is 9.89 Å². The highest BCUT2D eigenvalue weighted by atomic mass is 32.1. The molecular weight excluding hydrogens is 372 g/mol. The van der Waals surface area contributed by atoms with Gasteiger partial charge in [-0.15, -0.1) is 11.3 Å². The van der Waals surface area contributed by atoms with E-state index >= 15 is 0 Å². The Bertz CT molecular complexity index is 733. The van der Waals surface area contributed by atoms with Crippen LogP contribution in [0.15, 0.2) is 23.5 Å². The van der Waals surface area contributed by atoms with Gasteiger partial charge < -0.3 is 15.5 Å². The quantitative estimate of drug-likeness (QED) is 0.412. The van der Waals surface area contributed by atoms with E-state index in [1.807, 2.05) is 6.07 Å². The van der Waals surface area contributed by atoms with E-state index in [1.54, 1.807) is 30.8 Å². The van der Waals surface area contributed by atoms with Crippen LogP contribution in [0.5, 0.6) is 0 Å². The van der Waals surface area contributed by atoms with Crippen LogP contribution in [0.4, 0.5) is 5.95 Å². The normalized spacial score (nSPS) is 15.7. The number of piperazine rings is 1. The average Bonchev–Trinajstić information content (AvgIpc) is 3.06. The maximum Gasteiger partial charge on any atom is 0.225 e. The van der Waals surface area contributed by atoms with Gasteiger partial charge in [0.25, 0.3) is 0 Å². The first-order chi connectivity index (χ1) is 13.7. The van der Waals surface area contributed by atoms with E-state index in [4.69, 9.17) is 0 Å². The number of anilines is 1. The number of aromatic nitrogens is 3. The number of hydrogen-bond acceptors (Lipinski definition) is 7. The fourth-order valence-corrected chi connectivity index (χ4v) is 4.00. The van der Waals surface area contributed by atoms with Gasteiger partial charge in [0.2, 0.25) is 5.95 Å². The first-order valence-corrected chi connectivity index (χ1v) is 10.6. The van der Waals surface area contributed by atoms with E-state index < -0.39 is 0 Å². The first-order valence-electron chi connectivity index (χ1n) is 9.77. The lowest BCUT2D eigenvalue weighted by Crippen LogP contribution is -2.47. The number of hydrogen-bond donors (Lipinski definition) is 2. The van der Waals surface area contributed by atoms with Crippen molar-refractivity contribution in [3.05, 3.63) is 34.0 Å². The number of nitrogens with one attached hydrogen (secondary N) is 2. The van der Waals surface area contributed by atoms with E-state index in [1.165, 1.54) is 4.88 Å². The molecule has 1 saturated heterocycles. The van der Waals surface area contributed by atoms with E-state index in [-0.39, 0.29) is 0 Å². The van der Waals surface area contributed by atoms with Crippen molar-refractivity contribution >= 4 is 23.2 Å². The second kappa shape index (κ2) is 10.3. The molecule has 0 saturated carbocycles. The topological polar surface area (TPSA) is 81.6 Å². The van der Waals surface area contributed by atoms with Crippen molar-refractivity contribution in [2.24, 2.45) is 4.99 Å². The SMILES string of the molecule is CN=C(NCCCN1CCN(c2ncccn2)CC1)NCc1nc(C)c(C)s1. The Morgan fingerprint density at radius 1 is 1.14 bits per heavy atom. The zero-order valence-corrected chi connectivity index (χ0v) is 17.8. The van der Waals surface area contributed by atoms with Crippen molar-refractivity contribution < 1.29 is 0 Å². The van der Waals surface area contributed by atoms with E-state index in [2.05, 4.69) is 54.2 Å². The second-order valence-corrected chi connectivity index (χ2v) is 8.12.